The molecule has 0 radical (unpaired) electrons. The van der Waals surface area contributed by atoms with Gasteiger partial charge in [-0.1, -0.05) is 60.7 Å². The lowest BCUT2D eigenvalue weighted by Crippen LogP contribution is -2.69. The zero-order chi connectivity index (χ0) is 16.5. The summed E-state index contributed by atoms with van der Waals surface area (Å²) in [7, 11) is 0. The predicted octanol–water partition coefficient (Wildman–Crippen LogP) is 3.18. The highest BCUT2D eigenvalue weighted by Crippen LogP contribution is 2.37. The molecule has 0 spiro atoms. The van der Waals surface area contributed by atoms with E-state index in [0.717, 1.165) is 13.1 Å². The summed E-state index contributed by atoms with van der Waals surface area (Å²) >= 11 is 0. The van der Waals surface area contributed by atoms with Gasteiger partial charge in [0.25, 0.3) is 5.97 Å². The molecule has 3 fully saturated rings. The van der Waals surface area contributed by atoms with Gasteiger partial charge < -0.3 is 14.2 Å². The van der Waals surface area contributed by atoms with Gasteiger partial charge in [-0.05, 0) is 11.1 Å². The van der Waals surface area contributed by atoms with Gasteiger partial charge in [-0.3, -0.25) is 4.90 Å². The average Bonchev–Trinajstić information content (AvgIpc) is 2.64. The molecule has 5 rings (SSSR count). The fraction of sp³-hybridized carbons (Fsp3) is 0.400. The van der Waals surface area contributed by atoms with Gasteiger partial charge in [-0.2, -0.15) is 0 Å². The third kappa shape index (κ3) is 3.10. The van der Waals surface area contributed by atoms with E-state index in [0.29, 0.717) is 19.8 Å². The molecule has 0 aliphatic carbocycles. The Morgan fingerprint density at radius 2 is 1.17 bits per heavy atom. The van der Waals surface area contributed by atoms with Crippen molar-refractivity contribution in [3.8, 4) is 0 Å². The molecule has 2 bridgehead atoms. The first-order valence-electron chi connectivity index (χ1n) is 8.42. The van der Waals surface area contributed by atoms with Crippen LogP contribution in [0.15, 0.2) is 60.7 Å². The van der Waals surface area contributed by atoms with Crippen molar-refractivity contribution in [3.63, 3.8) is 0 Å². The Labute approximate surface area is 142 Å². The Morgan fingerprint density at radius 3 is 1.58 bits per heavy atom. The molecule has 3 saturated heterocycles. The summed E-state index contributed by atoms with van der Waals surface area (Å²) < 4.78 is 17.5. The maximum Gasteiger partial charge on any atom is 0.280 e. The molecule has 0 aromatic heterocycles. The van der Waals surface area contributed by atoms with Crippen LogP contribution in [-0.2, 0) is 27.3 Å². The first kappa shape index (κ1) is 15.8. The van der Waals surface area contributed by atoms with E-state index >= 15 is 0 Å². The topological polar surface area (TPSA) is 30.9 Å². The van der Waals surface area contributed by atoms with Crippen molar-refractivity contribution in [1.82, 2.24) is 4.90 Å². The number of fused-ring (bicyclic) bond motifs is 3. The quantitative estimate of drug-likeness (QED) is 0.845. The van der Waals surface area contributed by atoms with Crippen molar-refractivity contribution in [2.45, 2.75) is 31.5 Å². The Hall–Kier alpha value is -1.72. The molecule has 3 heterocycles. The third-order valence-corrected chi connectivity index (χ3v) is 4.91. The van der Waals surface area contributed by atoms with E-state index in [9.17, 15) is 0 Å². The molecule has 0 unspecified atom stereocenters. The Balaban J connectivity index is 1.60. The van der Waals surface area contributed by atoms with E-state index in [1.165, 1.54) is 11.1 Å². The first-order chi connectivity index (χ1) is 11.7. The van der Waals surface area contributed by atoms with Crippen LogP contribution in [0.5, 0.6) is 0 Å². The van der Waals surface area contributed by atoms with E-state index in [4.69, 9.17) is 14.2 Å². The lowest BCUT2D eigenvalue weighted by atomic mass is 9.95. The van der Waals surface area contributed by atoms with Gasteiger partial charge in [-0.15, -0.1) is 0 Å². The number of nitrogens with zero attached hydrogens (tertiary/aromatic N) is 1. The van der Waals surface area contributed by atoms with E-state index in [1.54, 1.807) is 0 Å². The normalized spacial score (nSPS) is 29.1. The van der Waals surface area contributed by atoms with Crippen LogP contribution in [0.25, 0.3) is 0 Å². The van der Waals surface area contributed by atoms with Gasteiger partial charge in [0.05, 0.1) is 25.4 Å². The highest BCUT2D eigenvalue weighted by molar-refractivity contribution is 5.18. The van der Waals surface area contributed by atoms with Crippen LogP contribution < -0.4 is 0 Å². The maximum absolute atomic E-state index is 5.84. The summed E-state index contributed by atoms with van der Waals surface area (Å²) in [5, 5.41) is 0. The number of hydrogen-bond acceptors (Lipinski definition) is 4. The molecule has 2 aromatic rings. The summed E-state index contributed by atoms with van der Waals surface area (Å²) in [5.41, 5.74) is 2.31. The van der Waals surface area contributed by atoms with Crippen LogP contribution in [0.3, 0.4) is 0 Å². The first-order valence-corrected chi connectivity index (χ1v) is 8.42. The largest absolute Gasteiger partial charge is 0.326 e. The van der Waals surface area contributed by atoms with Crippen molar-refractivity contribution < 1.29 is 14.2 Å². The van der Waals surface area contributed by atoms with E-state index in [-0.39, 0.29) is 5.54 Å². The Morgan fingerprint density at radius 1 is 0.750 bits per heavy atom. The van der Waals surface area contributed by atoms with Crippen LogP contribution in [0.2, 0.25) is 0 Å². The maximum atomic E-state index is 5.84. The molecule has 0 amide bonds. The van der Waals surface area contributed by atoms with Gasteiger partial charge in [0.15, 0.2) is 0 Å². The molecule has 0 atom stereocenters. The highest BCUT2D eigenvalue weighted by Gasteiger charge is 2.52. The fourth-order valence-electron chi connectivity index (χ4n) is 3.32. The molecule has 0 saturated carbocycles. The minimum atomic E-state index is -0.868. The SMILES string of the molecule is CC12OCC(N(Cc3ccccc3)Cc3ccccc3)(CO1)CO2. The van der Waals surface area contributed by atoms with Crippen LogP contribution in [0.1, 0.15) is 18.1 Å². The molecule has 0 N–H and O–H groups in total. The van der Waals surface area contributed by atoms with E-state index < -0.39 is 5.97 Å². The summed E-state index contributed by atoms with van der Waals surface area (Å²) in [6.07, 6.45) is 0. The molecule has 4 nitrogen and oxygen atoms in total. The van der Waals surface area contributed by atoms with Crippen molar-refractivity contribution >= 4 is 0 Å². The molecule has 2 aromatic carbocycles. The van der Waals surface area contributed by atoms with Crippen LogP contribution in [-0.4, -0.2) is 36.2 Å². The average molecular weight is 325 g/mol. The zero-order valence-electron chi connectivity index (χ0n) is 14.0. The number of rotatable bonds is 5. The van der Waals surface area contributed by atoms with Crippen molar-refractivity contribution in [2.75, 3.05) is 19.8 Å². The number of ether oxygens (including phenoxy) is 3. The van der Waals surface area contributed by atoms with Crippen molar-refractivity contribution in [2.24, 2.45) is 0 Å². The molecular formula is C20H23NO3. The third-order valence-electron chi connectivity index (χ3n) is 4.91. The standard InChI is InChI=1S/C20H23NO3/c1-19-22-14-20(15-23-19,16-24-19)21(12-17-8-4-2-5-9-17)13-18-10-6-3-7-11-18/h2-11H,12-16H2,1H3. The predicted molar refractivity (Wildman–Crippen MR) is 91.1 cm³/mol. The molecule has 4 heteroatoms. The fourth-order valence-corrected chi connectivity index (χ4v) is 3.32. The van der Waals surface area contributed by atoms with E-state index in [1.807, 2.05) is 19.1 Å². The van der Waals surface area contributed by atoms with Crippen molar-refractivity contribution in [1.29, 1.82) is 0 Å². The summed E-state index contributed by atoms with van der Waals surface area (Å²) in [6.45, 7) is 5.40. The summed E-state index contributed by atoms with van der Waals surface area (Å²) in [4.78, 5) is 2.43. The smallest absolute Gasteiger partial charge is 0.280 e. The lowest BCUT2D eigenvalue weighted by molar-refractivity contribution is -0.457. The van der Waals surface area contributed by atoms with E-state index in [2.05, 4.69) is 53.4 Å². The van der Waals surface area contributed by atoms with Gasteiger partial charge >= 0.3 is 0 Å². The minimum absolute atomic E-state index is 0.247. The van der Waals surface area contributed by atoms with Gasteiger partial charge in [0.1, 0.15) is 0 Å². The second-order valence-corrected chi connectivity index (χ2v) is 6.78. The van der Waals surface area contributed by atoms with Crippen molar-refractivity contribution in [3.05, 3.63) is 71.8 Å². The summed E-state index contributed by atoms with van der Waals surface area (Å²) in [6, 6.07) is 21.1. The zero-order valence-corrected chi connectivity index (χ0v) is 14.0. The van der Waals surface area contributed by atoms with Gasteiger partial charge in [0, 0.05) is 20.0 Å². The van der Waals surface area contributed by atoms with Crippen LogP contribution in [0, 0.1) is 0 Å². The second kappa shape index (κ2) is 6.30. The van der Waals surface area contributed by atoms with Gasteiger partial charge in [0.2, 0.25) is 0 Å². The molecule has 3 aliphatic heterocycles. The van der Waals surface area contributed by atoms with Crippen LogP contribution in [0.4, 0.5) is 0 Å². The molecule has 24 heavy (non-hydrogen) atoms. The lowest BCUT2D eigenvalue weighted by Gasteiger charge is -2.55. The van der Waals surface area contributed by atoms with Gasteiger partial charge in [-0.25, -0.2) is 0 Å². The molecular weight excluding hydrogens is 302 g/mol. The highest BCUT2D eigenvalue weighted by atomic mass is 16.9. The Bertz CT molecular complexity index is 608. The monoisotopic (exact) mass is 325 g/mol. The minimum Gasteiger partial charge on any atom is -0.326 e. The molecule has 3 aliphatic rings. The Kier molecular flexibility index (Phi) is 4.14. The number of hydrogen-bond donors (Lipinski definition) is 0. The summed E-state index contributed by atoms with van der Waals surface area (Å²) in [5.74, 6) is -0.868. The second-order valence-electron chi connectivity index (χ2n) is 6.78. The van der Waals surface area contributed by atoms with Crippen LogP contribution >= 0.6 is 0 Å². The molecule has 126 valence electrons. The number of benzene rings is 2.